The lowest BCUT2D eigenvalue weighted by molar-refractivity contribution is 0.346. The summed E-state index contributed by atoms with van der Waals surface area (Å²) in [6.07, 6.45) is 2.17. The van der Waals surface area contributed by atoms with Crippen LogP contribution in [-0.4, -0.2) is 39.2 Å². The molecule has 0 aromatic heterocycles. The summed E-state index contributed by atoms with van der Waals surface area (Å²) in [6, 6.07) is 8.14. The Hall–Kier alpha value is -1.38. The lowest BCUT2D eigenvalue weighted by Gasteiger charge is -2.15. The van der Waals surface area contributed by atoms with E-state index in [1.807, 2.05) is 18.0 Å². The number of hydrogen-bond donors (Lipinski definition) is 0. The predicted molar refractivity (Wildman–Crippen MR) is 75.6 cm³/mol. The number of hydrogen-bond acceptors (Lipinski definition) is 4. The minimum atomic E-state index is -3.31. The average molecular weight is 280 g/mol. The highest BCUT2D eigenvalue weighted by atomic mass is 32.2. The van der Waals surface area contributed by atoms with Crippen molar-refractivity contribution in [2.24, 2.45) is 0 Å². The normalized spacial score (nSPS) is 11.5. The van der Waals surface area contributed by atoms with Gasteiger partial charge in [0.05, 0.1) is 22.3 Å². The molecule has 0 unspecified atom stereocenters. The summed E-state index contributed by atoms with van der Waals surface area (Å²) in [7, 11) is -1.38. The second kappa shape index (κ2) is 7.27. The molecule has 0 bridgehead atoms. The van der Waals surface area contributed by atoms with Crippen molar-refractivity contribution < 1.29 is 8.42 Å². The van der Waals surface area contributed by atoms with Gasteiger partial charge in [0.25, 0.3) is 0 Å². The highest BCUT2D eigenvalue weighted by molar-refractivity contribution is 7.91. The highest BCUT2D eigenvalue weighted by Gasteiger charge is 2.15. The Balaban J connectivity index is 2.68. The number of benzene rings is 1. The molecule has 0 heterocycles. The lowest BCUT2D eigenvalue weighted by Crippen LogP contribution is -2.26. The van der Waals surface area contributed by atoms with E-state index in [4.69, 9.17) is 5.26 Å². The van der Waals surface area contributed by atoms with Gasteiger partial charge in [0, 0.05) is 6.54 Å². The van der Waals surface area contributed by atoms with Crippen LogP contribution in [0.5, 0.6) is 0 Å². The maximum absolute atomic E-state index is 12.1. The van der Waals surface area contributed by atoms with Gasteiger partial charge in [-0.05, 0) is 38.2 Å². The summed E-state index contributed by atoms with van der Waals surface area (Å²) in [6.45, 7) is 3.53. The second-order valence-electron chi connectivity index (χ2n) is 4.62. The number of rotatable bonds is 7. The molecule has 1 rings (SSSR count). The first-order valence-electron chi connectivity index (χ1n) is 6.41. The van der Waals surface area contributed by atoms with E-state index in [1.165, 1.54) is 6.07 Å². The van der Waals surface area contributed by atoms with E-state index >= 15 is 0 Å². The smallest absolute Gasteiger partial charge is 0.179 e. The van der Waals surface area contributed by atoms with E-state index in [1.54, 1.807) is 18.2 Å². The molecule has 1 aromatic rings. The monoisotopic (exact) mass is 280 g/mol. The standard InChI is InChI=1S/C14H20N2O2S/c1-3-4-8-16(2)9-10-19(17,18)14-7-5-6-13(11-14)12-15/h5-7,11H,3-4,8-10H2,1-2H3. The highest BCUT2D eigenvalue weighted by Crippen LogP contribution is 2.13. The fourth-order valence-electron chi connectivity index (χ4n) is 1.69. The first-order chi connectivity index (χ1) is 8.99. The minimum absolute atomic E-state index is 0.0854. The topological polar surface area (TPSA) is 61.2 Å². The van der Waals surface area contributed by atoms with E-state index in [9.17, 15) is 8.42 Å². The maximum Gasteiger partial charge on any atom is 0.179 e. The van der Waals surface area contributed by atoms with Crippen LogP contribution in [0.2, 0.25) is 0 Å². The first-order valence-corrected chi connectivity index (χ1v) is 8.06. The Bertz CT molecular complexity index is 547. The molecule has 0 N–H and O–H groups in total. The summed E-state index contributed by atoms with van der Waals surface area (Å²) in [5.41, 5.74) is 0.375. The van der Waals surface area contributed by atoms with Gasteiger partial charge in [-0.2, -0.15) is 5.26 Å². The van der Waals surface area contributed by atoms with Crippen LogP contribution in [0, 0.1) is 11.3 Å². The summed E-state index contributed by atoms with van der Waals surface area (Å²) in [5, 5.41) is 8.79. The Morgan fingerprint density at radius 3 is 2.68 bits per heavy atom. The molecule has 0 amide bonds. The Morgan fingerprint density at radius 2 is 2.05 bits per heavy atom. The van der Waals surface area contributed by atoms with Gasteiger partial charge >= 0.3 is 0 Å². The molecule has 0 atom stereocenters. The number of nitriles is 1. The summed E-state index contributed by atoms with van der Waals surface area (Å²) < 4.78 is 24.3. The van der Waals surface area contributed by atoms with Gasteiger partial charge in [0.2, 0.25) is 0 Å². The Labute approximate surface area is 115 Å². The number of unbranched alkanes of at least 4 members (excludes halogenated alkanes) is 1. The van der Waals surface area contributed by atoms with Gasteiger partial charge < -0.3 is 4.90 Å². The van der Waals surface area contributed by atoms with Crippen LogP contribution in [-0.2, 0) is 9.84 Å². The van der Waals surface area contributed by atoms with Crippen LogP contribution in [0.25, 0.3) is 0 Å². The fourth-order valence-corrected chi connectivity index (χ4v) is 3.07. The van der Waals surface area contributed by atoms with Crippen molar-refractivity contribution in [3.63, 3.8) is 0 Å². The molecule has 0 aliphatic carbocycles. The van der Waals surface area contributed by atoms with Crippen molar-refractivity contribution >= 4 is 9.84 Å². The third kappa shape index (κ3) is 5.01. The van der Waals surface area contributed by atoms with E-state index in [2.05, 4.69) is 6.92 Å². The zero-order valence-corrected chi connectivity index (χ0v) is 12.3. The summed E-state index contributed by atoms with van der Waals surface area (Å²) in [5.74, 6) is 0.0854. The molecule has 0 spiro atoms. The third-order valence-electron chi connectivity index (χ3n) is 2.96. The number of nitrogens with zero attached hydrogens (tertiary/aromatic N) is 2. The van der Waals surface area contributed by atoms with Gasteiger partial charge in [-0.3, -0.25) is 0 Å². The van der Waals surface area contributed by atoms with Crippen LogP contribution in [0.3, 0.4) is 0 Å². The minimum Gasteiger partial charge on any atom is -0.305 e. The molecule has 0 saturated heterocycles. The van der Waals surface area contributed by atoms with Gasteiger partial charge in [0.15, 0.2) is 9.84 Å². The van der Waals surface area contributed by atoms with Gasteiger partial charge in [0.1, 0.15) is 0 Å². The van der Waals surface area contributed by atoms with Crippen LogP contribution in [0.15, 0.2) is 29.2 Å². The van der Waals surface area contributed by atoms with Crippen molar-refractivity contribution in [3.05, 3.63) is 29.8 Å². The largest absolute Gasteiger partial charge is 0.305 e. The summed E-state index contributed by atoms with van der Waals surface area (Å²) >= 11 is 0. The van der Waals surface area contributed by atoms with Crippen molar-refractivity contribution in [1.82, 2.24) is 4.90 Å². The van der Waals surface area contributed by atoms with E-state index in [0.29, 0.717) is 12.1 Å². The van der Waals surface area contributed by atoms with E-state index in [-0.39, 0.29) is 10.6 Å². The van der Waals surface area contributed by atoms with Crippen LogP contribution in [0.1, 0.15) is 25.3 Å². The van der Waals surface area contributed by atoms with Crippen LogP contribution < -0.4 is 0 Å². The first kappa shape index (κ1) is 15.7. The molecule has 4 nitrogen and oxygen atoms in total. The lowest BCUT2D eigenvalue weighted by atomic mass is 10.2. The van der Waals surface area contributed by atoms with Crippen molar-refractivity contribution in [2.45, 2.75) is 24.7 Å². The Kier molecular flexibility index (Phi) is 6.00. The quantitative estimate of drug-likeness (QED) is 0.767. The molecule has 19 heavy (non-hydrogen) atoms. The molecular formula is C14H20N2O2S. The molecule has 0 aliphatic rings. The second-order valence-corrected chi connectivity index (χ2v) is 6.72. The zero-order chi connectivity index (χ0) is 14.3. The molecule has 0 saturated carbocycles. The summed E-state index contributed by atoms with van der Waals surface area (Å²) in [4.78, 5) is 2.25. The molecular weight excluding hydrogens is 260 g/mol. The molecule has 0 aliphatic heterocycles. The molecule has 5 heteroatoms. The van der Waals surface area contributed by atoms with Crippen molar-refractivity contribution in [2.75, 3.05) is 25.9 Å². The van der Waals surface area contributed by atoms with Crippen molar-refractivity contribution in [1.29, 1.82) is 5.26 Å². The Morgan fingerprint density at radius 1 is 1.32 bits per heavy atom. The fraction of sp³-hybridized carbons (Fsp3) is 0.500. The van der Waals surface area contributed by atoms with Gasteiger partial charge in [-0.25, -0.2) is 8.42 Å². The zero-order valence-electron chi connectivity index (χ0n) is 11.5. The predicted octanol–water partition coefficient (Wildman–Crippen LogP) is 2.06. The third-order valence-corrected chi connectivity index (χ3v) is 4.65. The SMILES string of the molecule is CCCCN(C)CCS(=O)(=O)c1cccc(C#N)c1. The average Bonchev–Trinajstić information content (AvgIpc) is 2.43. The number of sulfone groups is 1. The molecule has 104 valence electrons. The molecule has 0 fully saturated rings. The maximum atomic E-state index is 12.1. The molecule has 1 aromatic carbocycles. The van der Waals surface area contributed by atoms with Crippen LogP contribution in [0.4, 0.5) is 0 Å². The van der Waals surface area contributed by atoms with Crippen LogP contribution >= 0.6 is 0 Å². The molecule has 0 radical (unpaired) electrons. The van der Waals surface area contributed by atoms with E-state index < -0.39 is 9.84 Å². The van der Waals surface area contributed by atoms with E-state index in [0.717, 1.165) is 19.4 Å². The van der Waals surface area contributed by atoms with Crippen molar-refractivity contribution in [3.8, 4) is 6.07 Å². The van der Waals surface area contributed by atoms with Gasteiger partial charge in [-0.1, -0.05) is 19.4 Å². The van der Waals surface area contributed by atoms with Gasteiger partial charge in [-0.15, -0.1) is 0 Å².